The number of hydrogen-bond donors (Lipinski definition) is 2. The van der Waals surface area contributed by atoms with Crippen molar-refractivity contribution < 1.29 is 19.7 Å². The van der Waals surface area contributed by atoms with Crippen molar-refractivity contribution in [2.24, 2.45) is 0 Å². The van der Waals surface area contributed by atoms with E-state index in [9.17, 15) is 15.0 Å². The first-order chi connectivity index (χ1) is 5.91. The zero-order valence-corrected chi connectivity index (χ0v) is 8.08. The van der Waals surface area contributed by atoms with Gasteiger partial charge in [0.05, 0.1) is 7.11 Å². The summed E-state index contributed by atoms with van der Waals surface area (Å²) in [5, 5.41) is 18.0. The summed E-state index contributed by atoms with van der Waals surface area (Å²) < 4.78 is 4.73. The number of alkyl halides is 1. The van der Waals surface area contributed by atoms with Crippen molar-refractivity contribution in [2.75, 3.05) is 7.11 Å². The zero-order chi connectivity index (χ0) is 10.2. The smallest absolute Gasteiger partial charge is 0.179 e. The van der Waals surface area contributed by atoms with E-state index in [4.69, 9.17) is 16.3 Å². The largest absolute Gasteiger partial charge is 0.498 e. The van der Waals surface area contributed by atoms with Crippen LogP contribution in [0, 0.1) is 0 Å². The van der Waals surface area contributed by atoms with Gasteiger partial charge in [-0.3, -0.25) is 4.79 Å². The lowest BCUT2D eigenvalue weighted by atomic mass is 9.86. The van der Waals surface area contributed by atoms with Crippen LogP contribution in [0.3, 0.4) is 0 Å². The van der Waals surface area contributed by atoms with Crippen LogP contribution in [0.4, 0.5) is 0 Å². The molecule has 5 heteroatoms. The molecule has 3 unspecified atom stereocenters. The van der Waals surface area contributed by atoms with Crippen LogP contribution in [-0.4, -0.2) is 40.2 Å². The van der Waals surface area contributed by atoms with E-state index < -0.39 is 22.9 Å². The number of ketones is 1. The summed E-state index contributed by atoms with van der Waals surface area (Å²) in [5.74, 6) is -0.430. The highest BCUT2D eigenvalue weighted by Gasteiger charge is 2.47. The minimum atomic E-state index is -1.68. The quantitative estimate of drug-likeness (QED) is 0.584. The minimum absolute atomic E-state index is 0.0342. The Morgan fingerprint density at radius 1 is 1.69 bits per heavy atom. The maximum Gasteiger partial charge on any atom is 0.179 e. The standard InChI is InChI=1S/C8H11ClO4/c1-8(12)6(9)4(10)3-5(13-2)7(8)11/h3,6-7,11-12H,1-2H3. The third-order valence-corrected chi connectivity index (χ3v) is 2.76. The Hall–Kier alpha value is -0.580. The van der Waals surface area contributed by atoms with Crippen LogP contribution < -0.4 is 0 Å². The lowest BCUT2D eigenvalue weighted by Crippen LogP contribution is -2.54. The van der Waals surface area contributed by atoms with Crippen molar-refractivity contribution >= 4 is 17.4 Å². The van der Waals surface area contributed by atoms with E-state index in [1.54, 1.807) is 0 Å². The molecule has 0 aromatic heterocycles. The van der Waals surface area contributed by atoms with Crippen molar-refractivity contribution in [3.8, 4) is 0 Å². The van der Waals surface area contributed by atoms with E-state index >= 15 is 0 Å². The SMILES string of the molecule is COC1=CC(=O)C(Cl)C(C)(O)C1O. The number of carbonyl (C=O) groups is 1. The average molecular weight is 207 g/mol. The number of allylic oxidation sites excluding steroid dienone is 1. The molecular formula is C8H11ClO4. The van der Waals surface area contributed by atoms with Crippen molar-refractivity contribution in [1.29, 1.82) is 0 Å². The Balaban J connectivity index is 3.08. The first kappa shape index (κ1) is 10.5. The van der Waals surface area contributed by atoms with Crippen LogP contribution in [-0.2, 0) is 9.53 Å². The second kappa shape index (κ2) is 3.29. The first-order valence-corrected chi connectivity index (χ1v) is 4.19. The Kier molecular flexibility index (Phi) is 2.66. The fourth-order valence-corrected chi connectivity index (χ4v) is 1.36. The van der Waals surface area contributed by atoms with Crippen LogP contribution >= 0.6 is 11.6 Å². The summed E-state index contributed by atoms with van der Waals surface area (Å²) in [6.07, 6.45) is -0.168. The van der Waals surface area contributed by atoms with Crippen molar-refractivity contribution in [1.82, 2.24) is 0 Å². The summed E-state index contributed by atoms with van der Waals surface area (Å²) in [4.78, 5) is 11.2. The molecule has 0 saturated carbocycles. The molecule has 1 aliphatic carbocycles. The molecule has 0 aromatic rings. The minimum Gasteiger partial charge on any atom is -0.498 e. The number of hydrogen-bond acceptors (Lipinski definition) is 4. The van der Waals surface area contributed by atoms with Gasteiger partial charge in [-0.05, 0) is 6.92 Å². The average Bonchev–Trinajstić information content (AvgIpc) is 2.09. The van der Waals surface area contributed by atoms with Gasteiger partial charge in [-0.2, -0.15) is 0 Å². The monoisotopic (exact) mass is 206 g/mol. The van der Waals surface area contributed by atoms with Gasteiger partial charge < -0.3 is 14.9 Å². The molecule has 0 aromatic carbocycles. The van der Waals surface area contributed by atoms with E-state index in [1.807, 2.05) is 0 Å². The topological polar surface area (TPSA) is 66.8 Å². The van der Waals surface area contributed by atoms with Crippen molar-refractivity contribution in [3.63, 3.8) is 0 Å². The summed E-state index contributed by atoms with van der Waals surface area (Å²) in [5.41, 5.74) is -1.68. The molecule has 0 aliphatic heterocycles. The maximum absolute atomic E-state index is 11.2. The van der Waals surface area contributed by atoms with Gasteiger partial charge in [0.2, 0.25) is 0 Å². The fraction of sp³-hybridized carbons (Fsp3) is 0.625. The maximum atomic E-state index is 11.2. The third-order valence-electron chi connectivity index (χ3n) is 2.11. The molecule has 0 amide bonds. The molecule has 0 spiro atoms. The van der Waals surface area contributed by atoms with Gasteiger partial charge in [0.25, 0.3) is 0 Å². The Morgan fingerprint density at radius 3 is 2.69 bits per heavy atom. The van der Waals surface area contributed by atoms with Crippen LogP contribution in [0.2, 0.25) is 0 Å². The highest BCUT2D eigenvalue weighted by molar-refractivity contribution is 6.34. The summed E-state index contributed by atoms with van der Waals surface area (Å²) in [7, 11) is 1.31. The van der Waals surface area contributed by atoms with Gasteiger partial charge in [-0.25, -0.2) is 0 Å². The second-order valence-corrected chi connectivity index (χ2v) is 3.58. The molecule has 74 valence electrons. The third kappa shape index (κ3) is 1.57. The number of carbonyl (C=O) groups excluding carboxylic acids is 1. The Morgan fingerprint density at radius 2 is 2.23 bits per heavy atom. The molecule has 0 fully saturated rings. The zero-order valence-electron chi connectivity index (χ0n) is 7.32. The van der Waals surface area contributed by atoms with Crippen LogP contribution in [0.25, 0.3) is 0 Å². The molecule has 2 N–H and O–H groups in total. The number of halogens is 1. The van der Waals surface area contributed by atoms with Crippen LogP contribution in [0.5, 0.6) is 0 Å². The Bertz CT molecular complexity index is 259. The number of ether oxygens (including phenoxy) is 1. The molecular weight excluding hydrogens is 196 g/mol. The fourth-order valence-electron chi connectivity index (χ4n) is 1.18. The van der Waals surface area contributed by atoms with Gasteiger partial charge in [0.1, 0.15) is 22.8 Å². The number of methoxy groups -OCH3 is 1. The lowest BCUT2D eigenvalue weighted by Gasteiger charge is -2.35. The second-order valence-electron chi connectivity index (χ2n) is 3.14. The molecule has 0 saturated heterocycles. The van der Waals surface area contributed by atoms with Gasteiger partial charge in [-0.1, -0.05) is 0 Å². The number of rotatable bonds is 1. The molecule has 1 rings (SSSR count). The summed E-state index contributed by atoms with van der Waals surface area (Å²) >= 11 is 5.62. The highest BCUT2D eigenvalue weighted by atomic mass is 35.5. The predicted octanol–water partition coefficient (Wildman–Crippen LogP) is -0.181. The van der Waals surface area contributed by atoms with E-state index in [0.29, 0.717) is 0 Å². The molecule has 0 bridgehead atoms. The lowest BCUT2D eigenvalue weighted by molar-refractivity contribution is -0.127. The van der Waals surface area contributed by atoms with Crippen LogP contribution in [0.1, 0.15) is 6.92 Å². The van der Waals surface area contributed by atoms with Crippen molar-refractivity contribution in [2.45, 2.75) is 24.0 Å². The van der Waals surface area contributed by atoms with E-state index in [-0.39, 0.29) is 5.76 Å². The van der Waals surface area contributed by atoms with Gasteiger partial charge >= 0.3 is 0 Å². The van der Waals surface area contributed by atoms with Crippen molar-refractivity contribution in [3.05, 3.63) is 11.8 Å². The summed E-state index contributed by atoms with van der Waals surface area (Å²) in [6, 6.07) is 0. The van der Waals surface area contributed by atoms with Gasteiger partial charge in [0, 0.05) is 6.08 Å². The molecule has 1 aliphatic rings. The molecule has 3 atom stereocenters. The van der Waals surface area contributed by atoms with Gasteiger partial charge in [-0.15, -0.1) is 11.6 Å². The molecule has 0 radical (unpaired) electrons. The molecule has 0 heterocycles. The Labute approximate surface area is 80.8 Å². The van der Waals surface area contributed by atoms with E-state index in [0.717, 1.165) is 6.08 Å². The number of aliphatic hydroxyl groups is 2. The summed E-state index contributed by atoms with van der Waals surface area (Å²) in [6.45, 7) is 1.29. The highest BCUT2D eigenvalue weighted by Crippen LogP contribution is 2.30. The van der Waals surface area contributed by atoms with Gasteiger partial charge in [0.15, 0.2) is 5.78 Å². The van der Waals surface area contributed by atoms with E-state index in [1.165, 1.54) is 14.0 Å². The first-order valence-electron chi connectivity index (χ1n) is 3.75. The number of aliphatic hydroxyl groups excluding tert-OH is 1. The van der Waals surface area contributed by atoms with Crippen LogP contribution in [0.15, 0.2) is 11.8 Å². The predicted molar refractivity (Wildman–Crippen MR) is 46.4 cm³/mol. The molecule has 13 heavy (non-hydrogen) atoms. The normalized spacial score (nSPS) is 40.1. The molecule has 4 nitrogen and oxygen atoms in total. The van der Waals surface area contributed by atoms with E-state index in [2.05, 4.69) is 0 Å².